The molecule has 0 N–H and O–H groups in total. The van der Waals surface area contributed by atoms with Crippen LogP contribution in [0, 0.1) is 0 Å². The Morgan fingerprint density at radius 3 is 2.53 bits per heavy atom. The summed E-state index contributed by atoms with van der Waals surface area (Å²) >= 11 is 0. The molecule has 1 atom stereocenters. The zero-order chi connectivity index (χ0) is 20.7. The molecule has 0 saturated heterocycles. The molecular weight excluding hydrogens is 378 g/mol. The predicted molar refractivity (Wildman–Crippen MR) is 114 cm³/mol. The molecule has 148 valence electrons. The lowest BCUT2D eigenvalue weighted by Crippen LogP contribution is -2.25. The number of amides is 1. The number of ether oxygens (including phenoxy) is 1. The Bertz CT molecular complexity index is 1310. The van der Waals surface area contributed by atoms with Crippen LogP contribution in [0.3, 0.4) is 0 Å². The average molecular weight is 397 g/mol. The SMILES string of the molecule is CN1C(=O)c2oc3ccccc3c(=O)c2C1c1cccc(OCc2ccccc2)c1. The van der Waals surface area contributed by atoms with Crippen molar-refractivity contribution in [3.63, 3.8) is 0 Å². The second kappa shape index (κ2) is 7.19. The molecule has 0 fully saturated rings. The standard InChI is InChI=1S/C25H19NO4/c1-26-22(17-10-7-11-18(14-17)29-15-16-8-3-2-4-9-16)21-23(27)19-12-5-6-13-20(19)30-24(21)25(26)28/h2-14,22H,15H2,1H3. The molecule has 30 heavy (non-hydrogen) atoms. The van der Waals surface area contributed by atoms with Crippen LogP contribution in [0.2, 0.25) is 0 Å². The van der Waals surface area contributed by atoms with Gasteiger partial charge in [-0.2, -0.15) is 0 Å². The van der Waals surface area contributed by atoms with Crippen molar-refractivity contribution in [3.05, 3.63) is 112 Å². The van der Waals surface area contributed by atoms with E-state index in [-0.39, 0.29) is 17.1 Å². The fourth-order valence-electron chi connectivity index (χ4n) is 3.94. The summed E-state index contributed by atoms with van der Waals surface area (Å²) in [7, 11) is 1.68. The maximum absolute atomic E-state index is 13.2. The number of rotatable bonds is 4. The summed E-state index contributed by atoms with van der Waals surface area (Å²) in [6.45, 7) is 0.438. The van der Waals surface area contributed by atoms with E-state index in [1.54, 1.807) is 36.2 Å². The number of hydrogen-bond acceptors (Lipinski definition) is 4. The van der Waals surface area contributed by atoms with Gasteiger partial charge in [-0.05, 0) is 35.4 Å². The number of hydrogen-bond donors (Lipinski definition) is 0. The smallest absolute Gasteiger partial charge is 0.290 e. The van der Waals surface area contributed by atoms with E-state index in [4.69, 9.17) is 9.15 Å². The Kier molecular flexibility index (Phi) is 4.36. The first-order valence-electron chi connectivity index (χ1n) is 9.73. The molecule has 0 spiro atoms. The number of nitrogens with zero attached hydrogens (tertiary/aromatic N) is 1. The number of carbonyl (C=O) groups excluding carboxylic acids is 1. The first kappa shape index (κ1) is 18.2. The molecule has 0 radical (unpaired) electrons. The Balaban J connectivity index is 1.55. The molecular formula is C25H19NO4. The molecule has 2 heterocycles. The van der Waals surface area contributed by atoms with E-state index in [1.165, 1.54) is 0 Å². The van der Waals surface area contributed by atoms with Gasteiger partial charge in [0.2, 0.25) is 5.76 Å². The van der Waals surface area contributed by atoms with Gasteiger partial charge >= 0.3 is 0 Å². The number of carbonyl (C=O) groups is 1. The van der Waals surface area contributed by atoms with Gasteiger partial charge in [-0.15, -0.1) is 0 Å². The van der Waals surface area contributed by atoms with Gasteiger partial charge in [0, 0.05) is 7.05 Å². The minimum Gasteiger partial charge on any atom is -0.489 e. The van der Waals surface area contributed by atoms with E-state index in [2.05, 4.69) is 0 Å². The molecule has 5 nitrogen and oxygen atoms in total. The highest BCUT2D eigenvalue weighted by Gasteiger charge is 2.40. The van der Waals surface area contributed by atoms with Crippen molar-refractivity contribution in [1.82, 2.24) is 4.90 Å². The van der Waals surface area contributed by atoms with Crippen LogP contribution < -0.4 is 10.2 Å². The molecule has 5 rings (SSSR count). The lowest BCUT2D eigenvalue weighted by atomic mass is 9.98. The van der Waals surface area contributed by atoms with Gasteiger partial charge in [0.25, 0.3) is 5.91 Å². The molecule has 0 aliphatic carbocycles. The quantitative estimate of drug-likeness (QED) is 0.507. The summed E-state index contributed by atoms with van der Waals surface area (Å²) in [4.78, 5) is 27.6. The first-order chi connectivity index (χ1) is 14.6. The topological polar surface area (TPSA) is 59.8 Å². The minimum atomic E-state index is -0.520. The van der Waals surface area contributed by atoms with Crippen molar-refractivity contribution >= 4 is 16.9 Å². The molecule has 4 aromatic rings. The van der Waals surface area contributed by atoms with Crippen LogP contribution in [0.25, 0.3) is 11.0 Å². The van der Waals surface area contributed by atoms with Crippen LogP contribution in [0.5, 0.6) is 5.75 Å². The molecule has 1 unspecified atom stereocenters. The maximum atomic E-state index is 13.2. The summed E-state index contributed by atoms with van der Waals surface area (Å²) < 4.78 is 11.8. The number of fused-ring (bicyclic) bond motifs is 2. The fourth-order valence-corrected chi connectivity index (χ4v) is 3.94. The Morgan fingerprint density at radius 1 is 0.933 bits per heavy atom. The van der Waals surface area contributed by atoms with E-state index in [0.29, 0.717) is 28.9 Å². The Hall–Kier alpha value is -3.86. The third kappa shape index (κ3) is 2.95. The molecule has 1 amide bonds. The molecule has 5 heteroatoms. The van der Waals surface area contributed by atoms with Crippen molar-refractivity contribution in [2.45, 2.75) is 12.6 Å². The Morgan fingerprint density at radius 2 is 1.70 bits per heavy atom. The normalized spacial score (nSPS) is 15.4. The molecule has 1 aliphatic heterocycles. The molecule has 0 bridgehead atoms. The van der Waals surface area contributed by atoms with Gasteiger partial charge in [0.15, 0.2) is 5.43 Å². The lowest BCUT2D eigenvalue weighted by molar-refractivity contribution is 0.0771. The van der Waals surface area contributed by atoms with Crippen LogP contribution >= 0.6 is 0 Å². The minimum absolute atomic E-state index is 0.113. The van der Waals surface area contributed by atoms with Crippen molar-refractivity contribution in [3.8, 4) is 5.75 Å². The highest BCUT2D eigenvalue weighted by atomic mass is 16.5. The lowest BCUT2D eigenvalue weighted by Gasteiger charge is -2.21. The van der Waals surface area contributed by atoms with E-state index in [9.17, 15) is 9.59 Å². The molecule has 3 aromatic carbocycles. The largest absolute Gasteiger partial charge is 0.489 e. The highest BCUT2D eigenvalue weighted by molar-refractivity contribution is 5.98. The van der Waals surface area contributed by atoms with Crippen molar-refractivity contribution < 1.29 is 13.9 Å². The maximum Gasteiger partial charge on any atom is 0.290 e. The average Bonchev–Trinajstić information content (AvgIpc) is 3.04. The van der Waals surface area contributed by atoms with E-state index in [0.717, 1.165) is 11.1 Å². The fraction of sp³-hybridized carbons (Fsp3) is 0.120. The van der Waals surface area contributed by atoms with Gasteiger partial charge < -0.3 is 14.1 Å². The van der Waals surface area contributed by atoms with Gasteiger partial charge in [0.05, 0.1) is 17.0 Å². The summed E-state index contributed by atoms with van der Waals surface area (Å²) in [6, 6.07) is 23.9. The number of para-hydroxylation sites is 1. The Labute approximate surface area is 173 Å². The van der Waals surface area contributed by atoms with E-state index < -0.39 is 6.04 Å². The van der Waals surface area contributed by atoms with Crippen molar-refractivity contribution in [1.29, 1.82) is 0 Å². The monoisotopic (exact) mass is 397 g/mol. The highest BCUT2D eigenvalue weighted by Crippen LogP contribution is 2.37. The van der Waals surface area contributed by atoms with Crippen molar-refractivity contribution in [2.24, 2.45) is 0 Å². The first-order valence-corrected chi connectivity index (χ1v) is 9.73. The molecule has 1 aromatic heterocycles. The second-order valence-electron chi connectivity index (χ2n) is 7.34. The van der Waals surface area contributed by atoms with Gasteiger partial charge in [-0.3, -0.25) is 9.59 Å². The second-order valence-corrected chi connectivity index (χ2v) is 7.34. The molecule has 1 aliphatic rings. The van der Waals surface area contributed by atoms with E-state index >= 15 is 0 Å². The van der Waals surface area contributed by atoms with Gasteiger partial charge in [0.1, 0.15) is 17.9 Å². The zero-order valence-electron chi connectivity index (χ0n) is 16.4. The number of benzene rings is 3. The summed E-state index contributed by atoms with van der Waals surface area (Å²) in [6.07, 6.45) is 0. The van der Waals surface area contributed by atoms with Crippen LogP contribution in [0.4, 0.5) is 0 Å². The third-order valence-electron chi connectivity index (χ3n) is 5.43. The zero-order valence-corrected chi connectivity index (χ0v) is 16.4. The summed E-state index contributed by atoms with van der Waals surface area (Å²) in [5.41, 5.74) is 2.49. The van der Waals surface area contributed by atoms with Gasteiger partial charge in [-0.1, -0.05) is 54.6 Å². The predicted octanol–water partition coefficient (Wildman–Crippen LogP) is 4.55. The summed E-state index contributed by atoms with van der Waals surface area (Å²) in [5, 5.41) is 0.473. The van der Waals surface area contributed by atoms with Crippen molar-refractivity contribution in [2.75, 3.05) is 7.05 Å². The van der Waals surface area contributed by atoms with Gasteiger partial charge in [-0.25, -0.2) is 0 Å². The van der Waals surface area contributed by atoms with Crippen LogP contribution in [-0.2, 0) is 6.61 Å². The van der Waals surface area contributed by atoms with E-state index in [1.807, 2.05) is 54.6 Å². The van der Waals surface area contributed by atoms with Crippen LogP contribution in [0.1, 0.15) is 33.3 Å². The van der Waals surface area contributed by atoms with Crippen LogP contribution in [-0.4, -0.2) is 17.9 Å². The molecule has 0 saturated carbocycles. The van der Waals surface area contributed by atoms with Crippen LogP contribution in [0.15, 0.2) is 88.1 Å². The summed E-state index contributed by atoms with van der Waals surface area (Å²) in [5.74, 6) is 0.492. The third-order valence-corrected chi connectivity index (χ3v) is 5.43.